The van der Waals surface area contributed by atoms with Crippen LogP contribution in [-0.4, -0.2) is 52.1 Å². The lowest BCUT2D eigenvalue weighted by atomic mass is 9.52. The van der Waals surface area contributed by atoms with Crippen molar-refractivity contribution in [2.75, 3.05) is 11.5 Å². The van der Waals surface area contributed by atoms with Crippen molar-refractivity contribution in [3.63, 3.8) is 0 Å². The van der Waals surface area contributed by atoms with Crippen LogP contribution in [0.3, 0.4) is 0 Å². The van der Waals surface area contributed by atoms with Crippen LogP contribution in [0.25, 0.3) is 0 Å². The van der Waals surface area contributed by atoms with E-state index in [-0.39, 0.29) is 29.9 Å². The van der Waals surface area contributed by atoms with Gasteiger partial charge in [0.25, 0.3) is 0 Å². The average molecular weight is 499 g/mol. The summed E-state index contributed by atoms with van der Waals surface area (Å²) in [5, 5.41) is 10.6. The van der Waals surface area contributed by atoms with Crippen molar-refractivity contribution in [3.05, 3.63) is 0 Å². The van der Waals surface area contributed by atoms with Gasteiger partial charge in [0.2, 0.25) is 6.29 Å². The zero-order valence-corrected chi connectivity index (χ0v) is 23.1. The Bertz CT molecular complexity index is 733. The van der Waals surface area contributed by atoms with Gasteiger partial charge in [0, 0.05) is 12.2 Å². The first-order chi connectivity index (χ1) is 15.7. The molecule has 1 heterocycles. The molecule has 1 aliphatic heterocycles. The van der Waals surface area contributed by atoms with E-state index in [1.807, 2.05) is 48.5 Å². The fourth-order valence-corrected chi connectivity index (χ4v) is 6.77. The molecule has 4 unspecified atom stereocenters. The summed E-state index contributed by atoms with van der Waals surface area (Å²) >= 11 is 1.77. The molecule has 0 amide bonds. The number of ether oxygens (including phenoxy) is 3. The van der Waals surface area contributed by atoms with Crippen molar-refractivity contribution in [3.8, 4) is 0 Å². The van der Waals surface area contributed by atoms with Crippen LogP contribution in [-0.2, 0) is 23.8 Å². The van der Waals surface area contributed by atoms with Gasteiger partial charge in [-0.15, -0.1) is 0 Å². The van der Waals surface area contributed by atoms with Gasteiger partial charge >= 0.3 is 11.9 Å². The van der Waals surface area contributed by atoms with Crippen molar-refractivity contribution in [1.82, 2.24) is 0 Å². The summed E-state index contributed by atoms with van der Waals surface area (Å²) in [6.07, 6.45) is 7.04. The van der Waals surface area contributed by atoms with Gasteiger partial charge in [-0.2, -0.15) is 11.8 Å². The van der Waals surface area contributed by atoms with E-state index in [1.165, 1.54) is 6.42 Å². The monoisotopic (exact) mass is 498 g/mol. The van der Waals surface area contributed by atoms with Crippen molar-refractivity contribution in [2.24, 2.45) is 22.7 Å². The van der Waals surface area contributed by atoms with Crippen LogP contribution in [0, 0.1) is 22.7 Å². The maximum absolute atomic E-state index is 12.4. The number of carbonyl (C=O) groups is 2. The van der Waals surface area contributed by atoms with E-state index in [0.717, 1.165) is 50.0 Å². The van der Waals surface area contributed by atoms with Gasteiger partial charge in [-0.1, -0.05) is 13.8 Å². The Labute approximate surface area is 210 Å². The summed E-state index contributed by atoms with van der Waals surface area (Å²) < 4.78 is 16.8. The first kappa shape index (κ1) is 27.8. The van der Waals surface area contributed by atoms with Crippen LogP contribution < -0.4 is 0 Å². The normalized spacial score (nSPS) is 36.9. The van der Waals surface area contributed by atoms with Crippen molar-refractivity contribution in [1.29, 1.82) is 0 Å². The van der Waals surface area contributed by atoms with Crippen LogP contribution in [0.5, 0.6) is 0 Å². The molecule has 4 bridgehead atoms. The molecule has 4 saturated carbocycles. The fraction of sp³-hybridized carbons (Fsp3) is 0.926. The van der Waals surface area contributed by atoms with E-state index in [1.54, 1.807) is 11.8 Å². The molecule has 0 aromatic rings. The first-order valence-corrected chi connectivity index (χ1v) is 14.3. The maximum atomic E-state index is 12.4. The molecule has 0 aromatic carbocycles. The number of hydrogen-bond donors (Lipinski definition) is 1. The molecule has 0 aromatic heterocycles. The molecule has 196 valence electrons. The fourth-order valence-electron chi connectivity index (χ4n) is 5.88. The number of esters is 2. The Morgan fingerprint density at radius 1 is 0.971 bits per heavy atom. The minimum Gasteiger partial charge on any atom is -0.459 e. The highest BCUT2D eigenvalue weighted by Crippen LogP contribution is 2.59. The molecule has 4 atom stereocenters. The summed E-state index contributed by atoms with van der Waals surface area (Å²) in [4.78, 5) is 24.1. The first-order valence-electron chi connectivity index (χ1n) is 13.1. The smallest absolute Gasteiger partial charge is 0.313 e. The van der Waals surface area contributed by atoms with E-state index >= 15 is 0 Å². The number of rotatable bonds is 6. The Morgan fingerprint density at radius 3 is 2.03 bits per heavy atom. The molecular formula is C27H46O6S. The number of carbonyl (C=O) groups excluding carboxylic acids is 2. The molecule has 0 spiro atoms. The summed E-state index contributed by atoms with van der Waals surface area (Å²) in [5.74, 6) is 2.60. The predicted octanol–water partition coefficient (Wildman–Crippen LogP) is 5.49. The van der Waals surface area contributed by atoms with Gasteiger partial charge in [-0.3, -0.25) is 9.59 Å². The lowest BCUT2D eigenvalue weighted by Crippen LogP contribution is -2.61. The molecule has 6 nitrogen and oxygen atoms in total. The van der Waals surface area contributed by atoms with Crippen LogP contribution >= 0.6 is 11.8 Å². The standard InChI is InChI=1S/C16H26O3.C11H20O3S/c1-4-14(2,3)13(17)19-16-8-11-5-12(9-16)7-15(18,6-11)10-16;1-5-11(3,4)10(12)14-9-7-15-6-8(2)13-9/h11-12,18H,4-10H2,1-3H3;8-9H,5-7H2,1-4H3. The molecule has 0 radical (unpaired) electrons. The molecular weight excluding hydrogens is 452 g/mol. The Balaban J connectivity index is 0.000000197. The second-order valence-electron chi connectivity index (χ2n) is 12.6. The van der Waals surface area contributed by atoms with Crippen molar-refractivity contribution >= 4 is 23.7 Å². The lowest BCUT2D eigenvalue weighted by molar-refractivity contribution is -0.225. The highest BCUT2D eigenvalue weighted by Gasteiger charge is 2.59. The number of thioether (sulfide) groups is 1. The van der Waals surface area contributed by atoms with Crippen molar-refractivity contribution < 1.29 is 28.9 Å². The van der Waals surface area contributed by atoms with E-state index in [4.69, 9.17) is 14.2 Å². The SMILES string of the molecule is CCC(C)(C)C(=O)OC12CC3CC(CC(O)(C3)C1)C2.CCC(C)(C)C(=O)OC1CSCC(C)O1. The van der Waals surface area contributed by atoms with Gasteiger partial charge in [0.15, 0.2) is 0 Å². The molecule has 7 heteroatoms. The summed E-state index contributed by atoms with van der Waals surface area (Å²) in [6.45, 7) is 13.7. The molecule has 4 aliphatic carbocycles. The predicted molar refractivity (Wildman–Crippen MR) is 134 cm³/mol. The molecule has 1 saturated heterocycles. The zero-order chi connectivity index (χ0) is 25.4. The third kappa shape index (κ3) is 6.50. The van der Waals surface area contributed by atoms with Gasteiger partial charge in [0.1, 0.15) is 5.60 Å². The van der Waals surface area contributed by atoms with E-state index < -0.39 is 16.4 Å². The second kappa shape index (κ2) is 10.3. The number of hydrogen-bond acceptors (Lipinski definition) is 7. The van der Waals surface area contributed by atoms with Crippen LogP contribution in [0.15, 0.2) is 0 Å². The van der Waals surface area contributed by atoms with Crippen LogP contribution in [0.4, 0.5) is 0 Å². The lowest BCUT2D eigenvalue weighted by Gasteiger charge is -2.59. The Kier molecular flexibility index (Phi) is 8.41. The minimum atomic E-state index is -0.555. The van der Waals surface area contributed by atoms with Crippen LogP contribution in [0.2, 0.25) is 0 Å². The van der Waals surface area contributed by atoms with E-state index in [0.29, 0.717) is 18.3 Å². The largest absolute Gasteiger partial charge is 0.459 e. The quantitative estimate of drug-likeness (QED) is 0.485. The second-order valence-corrected chi connectivity index (χ2v) is 13.6. The van der Waals surface area contributed by atoms with E-state index in [2.05, 4.69) is 0 Å². The highest BCUT2D eigenvalue weighted by molar-refractivity contribution is 7.99. The van der Waals surface area contributed by atoms with Gasteiger partial charge < -0.3 is 19.3 Å². The molecule has 34 heavy (non-hydrogen) atoms. The van der Waals surface area contributed by atoms with Gasteiger partial charge in [-0.05, 0) is 91.4 Å². The summed E-state index contributed by atoms with van der Waals surface area (Å²) in [6, 6.07) is 0. The molecule has 1 N–H and O–H groups in total. The third-order valence-corrected chi connectivity index (χ3v) is 9.60. The molecule has 5 aliphatic rings. The van der Waals surface area contributed by atoms with E-state index in [9.17, 15) is 14.7 Å². The average Bonchev–Trinajstić information content (AvgIpc) is 2.72. The Morgan fingerprint density at radius 2 is 1.53 bits per heavy atom. The zero-order valence-electron chi connectivity index (χ0n) is 22.3. The van der Waals surface area contributed by atoms with Gasteiger partial charge in [-0.25, -0.2) is 0 Å². The third-order valence-electron chi connectivity index (χ3n) is 8.39. The summed E-state index contributed by atoms with van der Waals surface area (Å²) in [5.41, 5.74) is -1.73. The topological polar surface area (TPSA) is 82.1 Å². The highest BCUT2D eigenvalue weighted by atomic mass is 32.2. The Hall–Kier alpha value is -0.790. The molecule has 5 rings (SSSR count). The number of aliphatic hydroxyl groups is 1. The summed E-state index contributed by atoms with van der Waals surface area (Å²) in [7, 11) is 0. The minimum absolute atomic E-state index is 0.0828. The van der Waals surface area contributed by atoms with Crippen molar-refractivity contribution in [2.45, 2.75) is 123 Å². The van der Waals surface area contributed by atoms with Gasteiger partial charge in [0.05, 0.1) is 28.3 Å². The van der Waals surface area contributed by atoms with Crippen LogP contribution in [0.1, 0.15) is 99.8 Å². The maximum Gasteiger partial charge on any atom is 0.313 e. The molecule has 5 fully saturated rings.